The van der Waals surface area contributed by atoms with E-state index in [4.69, 9.17) is 0 Å². The standard InChI is InChI=1S/C17H28N2/c1-4-14-10-11-16(12-14)18-17(13-19(2)3)15-8-6-5-7-9-15/h5-9,14,16-18H,4,10-13H2,1-3H3. The monoisotopic (exact) mass is 260 g/mol. The van der Waals surface area contributed by atoms with Gasteiger partial charge in [0.15, 0.2) is 0 Å². The molecule has 1 fully saturated rings. The van der Waals surface area contributed by atoms with Crippen LogP contribution in [0.4, 0.5) is 0 Å². The van der Waals surface area contributed by atoms with Crippen LogP contribution in [0.15, 0.2) is 30.3 Å². The van der Waals surface area contributed by atoms with Gasteiger partial charge in [-0.25, -0.2) is 0 Å². The average molecular weight is 260 g/mol. The van der Waals surface area contributed by atoms with Crippen molar-refractivity contribution in [2.75, 3.05) is 20.6 Å². The third-order valence-corrected chi connectivity index (χ3v) is 4.31. The lowest BCUT2D eigenvalue weighted by molar-refractivity contribution is 0.316. The van der Waals surface area contributed by atoms with Crippen LogP contribution in [0.3, 0.4) is 0 Å². The summed E-state index contributed by atoms with van der Waals surface area (Å²) in [6.07, 6.45) is 5.43. The van der Waals surface area contributed by atoms with E-state index in [1.54, 1.807) is 0 Å². The first-order valence-electron chi connectivity index (χ1n) is 7.64. The van der Waals surface area contributed by atoms with Gasteiger partial charge in [0, 0.05) is 18.6 Å². The number of hydrogen-bond acceptors (Lipinski definition) is 2. The van der Waals surface area contributed by atoms with Gasteiger partial charge in [0.05, 0.1) is 0 Å². The highest BCUT2D eigenvalue weighted by Crippen LogP contribution is 2.29. The van der Waals surface area contributed by atoms with E-state index in [0.29, 0.717) is 12.1 Å². The highest BCUT2D eigenvalue weighted by Gasteiger charge is 2.25. The summed E-state index contributed by atoms with van der Waals surface area (Å²) >= 11 is 0. The van der Waals surface area contributed by atoms with Crippen molar-refractivity contribution in [1.82, 2.24) is 10.2 Å². The topological polar surface area (TPSA) is 15.3 Å². The summed E-state index contributed by atoms with van der Waals surface area (Å²) in [6.45, 7) is 3.39. The zero-order chi connectivity index (χ0) is 13.7. The third-order valence-electron chi connectivity index (χ3n) is 4.31. The highest BCUT2D eigenvalue weighted by atomic mass is 15.1. The molecule has 106 valence electrons. The van der Waals surface area contributed by atoms with Gasteiger partial charge in [-0.2, -0.15) is 0 Å². The second-order valence-electron chi connectivity index (χ2n) is 6.18. The fourth-order valence-electron chi connectivity index (χ4n) is 3.19. The number of nitrogens with one attached hydrogen (secondary N) is 1. The molecule has 0 radical (unpaired) electrons. The molecule has 0 spiro atoms. The van der Waals surface area contributed by atoms with Gasteiger partial charge in [-0.05, 0) is 44.8 Å². The van der Waals surface area contributed by atoms with Gasteiger partial charge in [-0.1, -0.05) is 43.7 Å². The van der Waals surface area contributed by atoms with Crippen LogP contribution in [-0.4, -0.2) is 31.6 Å². The van der Waals surface area contributed by atoms with Gasteiger partial charge in [0.2, 0.25) is 0 Å². The number of nitrogens with zero attached hydrogens (tertiary/aromatic N) is 1. The quantitative estimate of drug-likeness (QED) is 0.842. The van der Waals surface area contributed by atoms with Gasteiger partial charge in [0.1, 0.15) is 0 Å². The first kappa shape index (κ1) is 14.5. The summed E-state index contributed by atoms with van der Waals surface area (Å²) in [5.74, 6) is 0.938. The van der Waals surface area contributed by atoms with E-state index in [1.165, 1.54) is 31.2 Å². The normalized spacial score (nSPS) is 24.8. The Kier molecular flexibility index (Phi) is 5.41. The van der Waals surface area contributed by atoms with Crippen molar-refractivity contribution < 1.29 is 0 Å². The van der Waals surface area contributed by atoms with Crippen LogP contribution in [0.5, 0.6) is 0 Å². The molecule has 0 heterocycles. The molecule has 2 rings (SSSR count). The molecule has 3 atom stereocenters. The van der Waals surface area contributed by atoms with Crippen LogP contribution in [0.25, 0.3) is 0 Å². The van der Waals surface area contributed by atoms with Crippen molar-refractivity contribution >= 4 is 0 Å². The maximum atomic E-state index is 3.89. The lowest BCUT2D eigenvalue weighted by Gasteiger charge is -2.26. The Labute approximate surface area is 118 Å². The molecule has 3 unspecified atom stereocenters. The molecule has 1 saturated carbocycles. The maximum absolute atomic E-state index is 3.89. The number of hydrogen-bond donors (Lipinski definition) is 1. The van der Waals surface area contributed by atoms with Gasteiger partial charge in [-0.3, -0.25) is 0 Å². The number of benzene rings is 1. The Morgan fingerprint density at radius 3 is 2.53 bits per heavy atom. The summed E-state index contributed by atoms with van der Waals surface area (Å²) < 4.78 is 0. The van der Waals surface area contributed by atoms with Crippen molar-refractivity contribution in [3.05, 3.63) is 35.9 Å². The Balaban J connectivity index is 1.99. The van der Waals surface area contributed by atoms with Crippen molar-refractivity contribution in [2.45, 2.75) is 44.7 Å². The van der Waals surface area contributed by atoms with Crippen molar-refractivity contribution in [3.63, 3.8) is 0 Å². The van der Waals surface area contributed by atoms with E-state index in [1.807, 2.05) is 0 Å². The zero-order valence-electron chi connectivity index (χ0n) is 12.6. The predicted molar refractivity (Wildman–Crippen MR) is 82.3 cm³/mol. The Morgan fingerprint density at radius 2 is 1.95 bits per heavy atom. The van der Waals surface area contributed by atoms with Crippen molar-refractivity contribution in [3.8, 4) is 0 Å². The van der Waals surface area contributed by atoms with Gasteiger partial charge in [0.25, 0.3) is 0 Å². The third kappa shape index (κ3) is 4.32. The van der Waals surface area contributed by atoms with E-state index >= 15 is 0 Å². The Morgan fingerprint density at radius 1 is 1.21 bits per heavy atom. The van der Waals surface area contributed by atoms with Gasteiger partial charge >= 0.3 is 0 Å². The minimum absolute atomic E-state index is 0.455. The Hall–Kier alpha value is -0.860. The fraction of sp³-hybridized carbons (Fsp3) is 0.647. The molecule has 0 saturated heterocycles. The van der Waals surface area contributed by atoms with E-state index in [-0.39, 0.29) is 0 Å². The van der Waals surface area contributed by atoms with Gasteiger partial charge in [-0.15, -0.1) is 0 Å². The lowest BCUT2D eigenvalue weighted by Crippen LogP contribution is -2.36. The molecular weight excluding hydrogens is 232 g/mol. The molecule has 19 heavy (non-hydrogen) atoms. The molecular formula is C17H28N2. The van der Waals surface area contributed by atoms with E-state index < -0.39 is 0 Å². The first-order chi connectivity index (χ1) is 9.19. The van der Waals surface area contributed by atoms with Crippen LogP contribution in [-0.2, 0) is 0 Å². The molecule has 1 aliphatic carbocycles. The second-order valence-corrected chi connectivity index (χ2v) is 6.18. The molecule has 1 aromatic carbocycles. The summed E-state index contributed by atoms with van der Waals surface area (Å²) in [4.78, 5) is 2.27. The van der Waals surface area contributed by atoms with Crippen molar-refractivity contribution in [2.24, 2.45) is 5.92 Å². The molecule has 1 N–H and O–H groups in total. The second kappa shape index (κ2) is 7.06. The largest absolute Gasteiger partial charge is 0.308 e. The molecule has 0 bridgehead atoms. The lowest BCUT2D eigenvalue weighted by atomic mass is 10.0. The number of likely N-dealkylation sites (N-methyl/N-ethyl adjacent to an activating group) is 1. The average Bonchev–Trinajstić information content (AvgIpc) is 2.86. The first-order valence-corrected chi connectivity index (χ1v) is 7.64. The SMILES string of the molecule is CCC1CCC(NC(CN(C)C)c2ccccc2)C1. The molecule has 0 aromatic heterocycles. The minimum Gasteiger partial charge on any atom is -0.308 e. The molecule has 2 heteroatoms. The Bertz CT molecular complexity index is 361. The van der Waals surface area contributed by atoms with E-state index in [2.05, 4.69) is 61.6 Å². The molecule has 2 nitrogen and oxygen atoms in total. The smallest absolute Gasteiger partial charge is 0.0451 e. The van der Waals surface area contributed by atoms with Crippen LogP contribution in [0, 0.1) is 5.92 Å². The van der Waals surface area contributed by atoms with Crippen LogP contribution >= 0.6 is 0 Å². The van der Waals surface area contributed by atoms with E-state index in [9.17, 15) is 0 Å². The van der Waals surface area contributed by atoms with Crippen LogP contribution in [0.2, 0.25) is 0 Å². The minimum atomic E-state index is 0.455. The molecule has 1 aromatic rings. The summed E-state index contributed by atoms with van der Waals surface area (Å²) in [5, 5.41) is 3.89. The number of rotatable bonds is 6. The molecule has 0 amide bonds. The molecule has 0 aliphatic heterocycles. The summed E-state index contributed by atoms with van der Waals surface area (Å²) in [7, 11) is 4.31. The summed E-state index contributed by atoms with van der Waals surface area (Å²) in [6, 6.07) is 12.0. The molecule has 1 aliphatic rings. The van der Waals surface area contributed by atoms with Gasteiger partial charge < -0.3 is 10.2 Å². The fourth-order valence-corrected chi connectivity index (χ4v) is 3.19. The maximum Gasteiger partial charge on any atom is 0.0451 e. The van der Waals surface area contributed by atoms with Crippen molar-refractivity contribution in [1.29, 1.82) is 0 Å². The van der Waals surface area contributed by atoms with Crippen LogP contribution < -0.4 is 5.32 Å². The van der Waals surface area contributed by atoms with E-state index in [0.717, 1.165) is 12.5 Å². The summed E-state index contributed by atoms with van der Waals surface area (Å²) in [5.41, 5.74) is 1.41. The zero-order valence-corrected chi connectivity index (χ0v) is 12.6. The van der Waals surface area contributed by atoms with Crippen LogP contribution in [0.1, 0.15) is 44.2 Å². The highest BCUT2D eigenvalue weighted by molar-refractivity contribution is 5.19. The predicted octanol–water partition coefficient (Wildman–Crippen LogP) is 3.46.